The Morgan fingerprint density at radius 2 is 2.07 bits per heavy atom. The van der Waals surface area contributed by atoms with Crippen LogP contribution in [0.15, 0.2) is 18.3 Å². The van der Waals surface area contributed by atoms with E-state index < -0.39 is 5.54 Å². The molecule has 0 aliphatic rings. The van der Waals surface area contributed by atoms with E-state index in [1.54, 1.807) is 19.2 Å². The number of aliphatic hydroxyl groups excluding tert-OH is 2. The number of hydrogen-bond donors (Lipinski definition) is 3. The molecule has 0 atom stereocenters. The molecule has 0 saturated carbocycles. The van der Waals surface area contributed by atoms with Crippen molar-refractivity contribution >= 4 is 11.6 Å². The lowest BCUT2D eigenvalue weighted by Gasteiger charge is -2.26. The summed E-state index contributed by atoms with van der Waals surface area (Å²) < 4.78 is 0. The van der Waals surface area contributed by atoms with Crippen LogP contribution in [0.25, 0.3) is 0 Å². The summed E-state index contributed by atoms with van der Waals surface area (Å²) in [6.45, 7) is 2.03. The van der Waals surface area contributed by atoms with Crippen molar-refractivity contribution in [2.45, 2.75) is 19.0 Å². The highest BCUT2D eigenvalue weighted by Gasteiger charge is 2.20. The SMILES string of the molecule is CC(CO)(CO)NCc1ccc(Cl)nc1. The molecule has 1 heterocycles. The molecule has 84 valence electrons. The average Bonchev–Trinajstić information content (AvgIpc) is 2.28. The fourth-order valence-corrected chi connectivity index (χ4v) is 1.10. The standard InChI is InChI=1S/C10H15ClN2O2/c1-10(6-14,7-15)13-5-8-2-3-9(11)12-4-8/h2-4,13-15H,5-7H2,1H3. The number of hydrogen-bond acceptors (Lipinski definition) is 4. The van der Waals surface area contributed by atoms with Gasteiger partial charge in [-0.2, -0.15) is 0 Å². The molecule has 0 radical (unpaired) electrons. The molecular weight excluding hydrogens is 216 g/mol. The first-order valence-electron chi connectivity index (χ1n) is 4.67. The normalized spacial score (nSPS) is 11.7. The third kappa shape index (κ3) is 3.76. The van der Waals surface area contributed by atoms with Crippen LogP contribution in [0.2, 0.25) is 5.15 Å². The fraction of sp³-hybridized carbons (Fsp3) is 0.500. The van der Waals surface area contributed by atoms with E-state index in [2.05, 4.69) is 10.3 Å². The van der Waals surface area contributed by atoms with Gasteiger partial charge in [-0.1, -0.05) is 17.7 Å². The second-order valence-electron chi connectivity index (χ2n) is 3.72. The van der Waals surface area contributed by atoms with E-state index in [-0.39, 0.29) is 13.2 Å². The van der Waals surface area contributed by atoms with Gasteiger partial charge in [0.05, 0.1) is 18.8 Å². The highest BCUT2D eigenvalue weighted by atomic mass is 35.5. The maximum atomic E-state index is 9.05. The predicted molar refractivity (Wildman–Crippen MR) is 58.7 cm³/mol. The van der Waals surface area contributed by atoms with E-state index in [0.29, 0.717) is 11.7 Å². The Balaban J connectivity index is 2.53. The van der Waals surface area contributed by atoms with Crippen LogP contribution in [0, 0.1) is 0 Å². The Hall–Kier alpha value is -0.680. The van der Waals surface area contributed by atoms with Gasteiger partial charge in [0, 0.05) is 12.7 Å². The fourth-order valence-electron chi connectivity index (χ4n) is 0.988. The molecule has 1 aromatic rings. The number of rotatable bonds is 5. The van der Waals surface area contributed by atoms with Gasteiger partial charge >= 0.3 is 0 Å². The van der Waals surface area contributed by atoms with Gasteiger partial charge in [0.2, 0.25) is 0 Å². The highest BCUT2D eigenvalue weighted by Crippen LogP contribution is 2.07. The monoisotopic (exact) mass is 230 g/mol. The largest absolute Gasteiger partial charge is 0.394 e. The average molecular weight is 231 g/mol. The Labute approximate surface area is 93.9 Å². The van der Waals surface area contributed by atoms with Crippen molar-refractivity contribution in [3.05, 3.63) is 29.0 Å². The quantitative estimate of drug-likeness (QED) is 0.647. The summed E-state index contributed by atoms with van der Waals surface area (Å²) in [5, 5.41) is 21.6. The smallest absolute Gasteiger partial charge is 0.129 e. The van der Waals surface area contributed by atoms with Crippen LogP contribution in [0.4, 0.5) is 0 Å². The zero-order valence-corrected chi connectivity index (χ0v) is 9.33. The second kappa shape index (κ2) is 5.42. The van der Waals surface area contributed by atoms with Crippen LogP contribution in [-0.4, -0.2) is 33.9 Å². The molecule has 0 unspecified atom stereocenters. The summed E-state index contributed by atoms with van der Waals surface area (Å²) in [5.74, 6) is 0. The van der Waals surface area contributed by atoms with Crippen molar-refractivity contribution in [2.24, 2.45) is 0 Å². The molecule has 0 amide bonds. The van der Waals surface area contributed by atoms with Gasteiger partial charge < -0.3 is 15.5 Å². The van der Waals surface area contributed by atoms with Crippen LogP contribution in [0.1, 0.15) is 12.5 Å². The van der Waals surface area contributed by atoms with Gasteiger partial charge in [0.1, 0.15) is 5.15 Å². The number of halogens is 1. The van der Waals surface area contributed by atoms with Crippen LogP contribution in [0.3, 0.4) is 0 Å². The molecule has 3 N–H and O–H groups in total. The number of pyridine rings is 1. The first-order chi connectivity index (χ1) is 7.09. The summed E-state index contributed by atoms with van der Waals surface area (Å²) in [4.78, 5) is 3.93. The van der Waals surface area contributed by atoms with Gasteiger partial charge in [-0.25, -0.2) is 4.98 Å². The van der Waals surface area contributed by atoms with Gasteiger partial charge in [-0.05, 0) is 18.6 Å². The van der Waals surface area contributed by atoms with Crippen molar-refractivity contribution in [3.8, 4) is 0 Å². The number of aliphatic hydroxyl groups is 2. The third-order valence-corrected chi connectivity index (χ3v) is 2.43. The minimum Gasteiger partial charge on any atom is -0.394 e. The predicted octanol–water partition coefficient (Wildman–Crippen LogP) is 0.568. The second-order valence-corrected chi connectivity index (χ2v) is 4.11. The lowest BCUT2D eigenvalue weighted by Crippen LogP contribution is -2.48. The Morgan fingerprint density at radius 3 is 2.53 bits per heavy atom. The molecule has 0 bridgehead atoms. The van der Waals surface area contributed by atoms with Gasteiger partial charge in [0.15, 0.2) is 0 Å². The number of nitrogens with zero attached hydrogens (tertiary/aromatic N) is 1. The molecule has 4 nitrogen and oxygen atoms in total. The van der Waals surface area contributed by atoms with Crippen LogP contribution in [0.5, 0.6) is 0 Å². The summed E-state index contributed by atoms with van der Waals surface area (Å²) in [6, 6.07) is 3.55. The third-order valence-electron chi connectivity index (χ3n) is 2.21. The summed E-state index contributed by atoms with van der Waals surface area (Å²) in [7, 11) is 0. The van der Waals surface area contributed by atoms with E-state index in [1.807, 2.05) is 6.07 Å². The topological polar surface area (TPSA) is 65.4 Å². The molecule has 0 aromatic carbocycles. The van der Waals surface area contributed by atoms with Crippen LogP contribution < -0.4 is 5.32 Å². The molecule has 0 aliphatic carbocycles. The molecule has 0 aliphatic heterocycles. The Morgan fingerprint density at radius 1 is 1.40 bits per heavy atom. The molecule has 5 heteroatoms. The highest BCUT2D eigenvalue weighted by molar-refractivity contribution is 6.29. The van der Waals surface area contributed by atoms with Crippen molar-refractivity contribution in [3.63, 3.8) is 0 Å². The van der Waals surface area contributed by atoms with E-state index >= 15 is 0 Å². The van der Waals surface area contributed by atoms with Crippen molar-refractivity contribution in [1.29, 1.82) is 0 Å². The molecular formula is C10H15ClN2O2. The summed E-state index contributed by atoms with van der Waals surface area (Å²) in [6.07, 6.45) is 1.66. The summed E-state index contributed by atoms with van der Waals surface area (Å²) in [5.41, 5.74) is 0.284. The molecule has 0 fully saturated rings. The maximum Gasteiger partial charge on any atom is 0.129 e. The van der Waals surface area contributed by atoms with Gasteiger partial charge in [-0.3, -0.25) is 0 Å². The number of nitrogens with one attached hydrogen (secondary N) is 1. The summed E-state index contributed by atoms with van der Waals surface area (Å²) >= 11 is 5.64. The molecule has 0 saturated heterocycles. The van der Waals surface area contributed by atoms with E-state index in [1.165, 1.54) is 0 Å². The minimum absolute atomic E-state index is 0.121. The van der Waals surface area contributed by atoms with Crippen molar-refractivity contribution in [2.75, 3.05) is 13.2 Å². The molecule has 15 heavy (non-hydrogen) atoms. The minimum atomic E-state index is -0.667. The lowest BCUT2D eigenvalue weighted by molar-refractivity contribution is 0.103. The van der Waals surface area contributed by atoms with E-state index in [4.69, 9.17) is 21.8 Å². The molecule has 1 aromatic heterocycles. The van der Waals surface area contributed by atoms with E-state index in [9.17, 15) is 0 Å². The lowest BCUT2D eigenvalue weighted by atomic mass is 10.1. The first-order valence-corrected chi connectivity index (χ1v) is 5.04. The molecule has 1 rings (SSSR count). The maximum absolute atomic E-state index is 9.05. The van der Waals surface area contributed by atoms with Crippen LogP contribution >= 0.6 is 11.6 Å². The Kier molecular flexibility index (Phi) is 4.47. The zero-order valence-electron chi connectivity index (χ0n) is 8.57. The van der Waals surface area contributed by atoms with Gasteiger partial charge in [-0.15, -0.1) is 0 Å². The van der Waals surface area contributed by atoms with Gasteiger partial charge in [0.25, 0.3) is 0 Å². The Bertz CT molecular complexity index is 299. The van der Waals surface area contributed by atoms with E-state index in [0.717, 1.165) is 5.56 Å². The van der Waals surface area contributed by atoms with Crippen molar-refractivity contribution < 1.29 is 10.2 Å². The van der Waals surface area contributed by atoms with Crippen LogP contribution in [-0.2, 0) is 6.54 Å². The van der Waals surface area contributed by atoms with Crippen molar-refractivity contribution in [1.82, 2.24) is 10.3 Å². The zero-order chi connectivity index (χ0) is 11.3. The first kappa shape index (κ1) is 12.4. The molecule has 0 spiro atoms. The number of aromatic nitrogens is 1.